The molecule has 0 heterocycles. The molecule has 0 aliphatic heterocycles. The minimum absolute atomic E-state index is 0.0319. The smallest absolute Gasteiger partial charge is 0.271 e. The Hall–Kier alpha value is -1.10. The summed E-state index contributed by atoms with van der Waals surface area (Å²) in [6, 6.07) is 4.53. The number of nitrogens with two attached hydrogens (primary N) is 1. The van der Waals surface area contributed by atoms with Crippen molar-refractivity contribution < 1.29 is 4.92 Å². The Kier molecular flexibility index (Phi) is 2.65. The highest BCUT2D eigenvalue weighted by Gasteiger charge is 2.06. The summed E-state index contributed by atoms with van der Waals surface area (Å²) in [5.41, 5.74) is 6.70. The minimum atomic E-state index is -0.456. The molecule has 0 saturated heterocycles. The van der Waals surface area contributed by atoms with E-state index in [-0.39, 0.29) is 5.69 Å². The monoisotopic (exact) mass is 230 g/mol. The number of nitro groups is 1. The fourth-order valence-corrected chi connectivity index (χ4v) is 1.21. The van der Waals surface area contributed by atoms with Crippen LogP contribution in [0.2, 0.25) is 0 Å². The minimum Gasteiger partial charge on any atom is -0.399 e. The molecule has 5 heteroatoms. The van der Waals surface area contributed by atoms with E-state index >= 15 is 0 Å². The first-order valence-electron chi connectivity index (χ1n) is 3.23. The van der Waals surface area contributed by atoms with Gasteiger partial charge in [0.05, 0.1) is 4.92 Å². The molecule has 0 aliphatic rings. The van der Waals surface area contributed by atoms with Crippen molar-refractivity contribution in [3.8, 4) is 0 Å². The van der Waals surface area contributed by atoms with Crippen molar-refractivity contribution in [1.82, 2.24) is 0 Å². The van der Waals surface area contributed by atoms with Gasteiger partial charge in [-0.3, -0.25) is 10.1 Å². The van der Waals surface area contributed by atoms with Crippen LogP contribution in [0.4, 0.5) is 11.4 Å². The van der Waals surface area contributed by atoms with E-state index < -0.39 is 4.92 Å². The Morgan fingerprint density at radius 1 is 1.50 bits per heavy atom. The largest absolute Gasteiger partial charge is 0.399 e. The van der Waals surface area contributed by atoms with E-state index in [2.05, 4.69) is 15.9 Å². The molecular weight excluding hydrogens is 224 g/mol. The molecule has 1 rings (SSSR count). The van der Waals surface area contributed by atoms with Crippen molar-refractivity contribution in [1.29, 1.82) is 0 Å². The standard InChI is InChI=1S/C7H7BrN2O2/c8-4-5-1-6(9)3-7(2-5)10(11)12/h1-3H,4,9H2. The molecular formula is C7H7BrN2O2. The first-order valence-corrected chi connectivity index (χ1v) is 4.35. The highest BCUT2D eigenvalue weighted by molar-refractivity contribution is 9.08. The summed E-state index contributed by atoms with van der Waals surface area (Å²) in [5, 5.41) is 10.9. The number of nitrogen functional groups attached to an aromatic ring is 1. The summed E-state index contributed by atoms with van der Waals surface area (Å²) < 4.78 is 0. The zero-order valence-electron chi connectivity index (χ0n) is 6.16. The normalized spacial score (nSPS) is 9.75. The fourth-order valence-electron chi connectivity index (χ4n) is 0.882. The molecule has 0 fully saturated rings. The molecule has 1 aromatic rings. The van der Waals surface area contributed by atoms with E-state index in [9.17, 15) is 10.1 Å². The zero-order chi connectivity index (χ0) is 9.14. The topological polar surface area (TPSA) is 69.2 Å². The Bertz CT molecular complexity index is 314. The second kappa shape index (κ2) is 3.53. The van der Waals surface area contributed by atoms with Crippen molar-refractivity contribution in [3.05, 3.63) is 33.9 Å². The second-order valence-corrected chi connectivity index (χ2v) is 2.88. The number of benzene rings is 1. The van der Waals surface area contributed by atoms with Gasteiger partial charge in [-0.1, -0.05) is 15.9 Å². The molecule has 0 radical (unpaired) electrons. The molecule has 0 spiro atoms. The molecule has 64 valence electrons. The maximum Gasteiger partial charge on any atom is 0.271 e. The number of alkyl halides is 1. The van der Waals surface area contributed by atoms with Gasteiger partial charge in [0.2, 0.25) is 0 Å². The molecule has 2 N–H and O–H groups in total. The van der Waals surface area contributed by atoms with Gasteiger partial charge in [-0.25, -0.2) is 0 Å². The number of halogens is 1. The van der Waals surface area contributed by atoms with E-state index in [1.165, 1.54) is 12.1 Å². The first kappa shape index (κ1) is 8.99. The lowest BCUT2D eigenvalue weighted by atomic mass is 10.2. The number of non-ortho nitro benzene ring substituents is 1. The Labute approximate surface area is 77.7 Å². The molecule has 4 nitrogen and oxygen atoms in total. The third-order valence-corrected chi connectivity index (χ3v) is 2.01. The van der Waals surface area contributed by atoms with Gasteiger partial charge in [0.1, 0.15) is 0 Å². The average Bonchev–Trinajstić information content (AvgIpc) is 2.03. The van der Waals surface area contributed by atoms with Crippen LogP contribution in [0.3, 0.4) is 0 Å². The van der Waals surface area contributed by atoms with Crippen LogP contribution in [-0.4, -0.2) is 4.92 Å². The zero-order valence-corrected chi connectivity index (χ0v) is 7.74. The number of nitrogens with zero attached hydrogens (tertiary/aromatic N) is 1. The van der Waals surface area contributed by atoms with Crippen LogP contribution in [0.5, 0.6) is 0 Å². The van der Waals surface area contributed by atoms with Crippen molar-refractivity contribution in [2.24, 2.45) is 0 Å². The lowest BCUT2D eigenvalue weighted by Crippen LogP contribution is -1.93. The summed E-state index contributed by atoms with van der Waals surface area (Å²) in [7, 11) is 0. The highest BCUT2D eigenvalue weighted by Crippen LogP contribution is 2.19. The first-order chi connectivity index (χ1) is 5.63. The van der Waals surface area contributed by atoms with E-state index in [4.69, 9.17) is 5.73 Å². The fraction of sp³-hybridized carbons (Fsp3) is 0.143. The molecule has 0 saturated carbocycles. The third-order valence-electron chi connectivity index (χ3n) is 1.37. The number of nitro benzene ring substituents is 1. The number of anilines is 1. The van der Waals surface area contributed by atoms with E-state index in [0.29, 0.717) is 11.0 Å². The number of hydrogen-bond donors (Lipinski definition) is 1. The van der Waals surface area contributed by atoms with Gasteiger partial charge in [-0.15, -0.1) is 0 Å². The lowest BCUT2D eigenvalue weighted by molar-refractivity contribution is -0.384. The Morgan fingerprint density at radius 2 is 2.17 bits per heavy atom. The molecule has 0 atom stereocenters. The van der Waals surface area contributed by atoms with Crippen LogP contribution in [0, 0.1) is 10.1 Å². The Balaban J connectivity index is 3.15. The summed E-state index contributed by atoms with van der Waals surface area (Å²) in [6.07, 6.45) is 0. The third kappa shape index (κ3) is 1.94. The van der Waals surface area contributed by atoms with Crippen LogP contribution in [0.25, 0.3) is 0 Å². The van der Waals surface area contributed by atoms with Crippen LogP contribution in [0.15, 0.2) is 18.2 Å². The molecule has 1 aromatic carbocycles. The average molecular weight is 231 g/mol. The summed E-state index contributed by atoms with van der Waals surface area (Å²) >= 11 is 3.20. The molecule has 12 heavy (non-hydrogen) atoms. The molecule has 0 aliphatic carbocycles. The van der Waals surface area contributed by atoms with Gasteiger partial charge >= 0.3 is 0 Å². The van der Waals surface area contributed by atoms with Gasteiger partial charge in [-0.05, 0) is 11.6 Å². The Morgan fingerprint density at radius 3 is 2.67 bits per heavy atom. The second-order valence-electron chi connectivity index (χ2n) is 2.32. The molecule has 0 amide bonds. The molecule has 0 bridgehead atoms. The predicted molar refractivity (Wildman–Crippen MR) is 50.1 cm³/mol. The maximum atomic E-state index is 10.4. The van der Waals surface area contributed by atoms with Crippen molar-refractivity contribution >= 4 is 27.3 Å². The van der Waals surface area contributed by atoms with Crippen LogP contribution < -0.4 is 5.73 Å². The van der Waals surface area contributed by atoms with E-state index in [0.717, 1.165) is 5.56 Å². The summed E-state index contributed by atoms with van der Waals surface area (Å²) in [6.45, 7) is 0. The quantitative estimate of drug-likeness (QED) is 0.366. The summed E-state index contributed by atoms with van der Waals surface area (Å²) in [5.74, 6) is 0. The van der Waals surface area contributed by atoms with E-state index in [1.54, 1.807) is 6.07 Å². The predicted octanol–water partition coefficient (Wildman–Crippen LogP) is 2.07. The lowest BCUT2D eigenvalue weighted by Gasteiger charge is -1.98. The molecule has 0 unspecified atom stereocenters. The van der Waals surface area contributed by atoms with Gasteiger partial charge in [0, 0.05) is 23.2 Å². The number of rotatable bonds is 2. The van der Waals surface area contributed by atoms with Crippen molar-refractivity contribution in [2.45, 2.75) is 5.33 Å². The SMILES string of the molecule is Nc1cc(CBr)cc([N+](=O)[O-])c1. The van der Waals surface area contributed by atoms with Crippen molar-refractivity contribution in [3.63, 3.8) is 0 Å². The van der Waals surface area contributed by atoms with Crippen molar-refractivity contribution in [2.75, 3.05) is 5.73 Å². The number of hydrogen-bond acceptors (Lipinski definition) is 3. The van der Waals surface area contributed by atoms with Gasteiger partial charge in [0.25, 0.3) is 5.69 Å². The van der Waals surface area contributed by atoms with E-state index in [1.807, 2.05) is 0 Å². The van der Waals surface area contributed by atoms with Crippen LogP contribution in [0.1, 0.15) is 5.56 Å². The van der Waals surface area contributed by atoms with Crippen LogP contribution in [-0.2, 0) is 5.33 Å². The summed E-state index contributed by atoms with van der Waals surface area (Å²) in [4.78, 5) is 9.90. The van der Waals surface area contributed by atoms with Gasteiger partial charge in [0.15, 0.2) is 0 Å². The van der Waals surface area contributed by atoms with Crippen LogP contribution >= 0.6 is 15.9 Å². The van der Waals surface area contributed by atoms with Gasteiger partial charge < -0.3 is 5.73 Å². The highest BCUT2D eigenvalue weighted by atomic mass is 79.9. The molecule has 0 aromatic heterocycles. The van der Waals surface area contributed by atoms with Gasteiger partial charge in [-0.2, -0.15) is 0 Å². The maximum absolute atomic E-state index is 10.4.